The lowest BCUT2D eigenvalue weighted by Gasteiger charge is -2.17. The van der Waals surface area contributed by atoms with E-state index in [1.165, 1.54) is 11.6 Å². The van der Waals surface area contributed by atoms with Crippen LogP contribution in [0.4, 0.5) is 0 Å². The van der Waals surface area contributed by atoms with Gasteiger partial charge in [-0.3, -0.25) is 18.9 Å². The summed E-state index contributed by atoms with van der Waals surface area (Å²) in [5.41, 5.74) is -0.450. The molecule has 0 aliphatic rings. The van der Waals surface area contributed by atoms with E-state index in [4.69, 9.17) is 12.6 Å². The van der Waals surface area contributed by atoms with Gasteiger partial charge in [0.15, 0.2) is 5.65 Å². The molecule has 20 heavy (non-hydrogen) atoms. The summed E-state index contributed by atoms with van der Waals surface area (Å²) in [6, 6.07) is 0. The summed E-state index contributed by atoms with van der Waals surface area (Å²) in [7, 11) is 1.45. The Morgan fingerprint density at radius 2 is 1.90 bits per heavy atom. The molecule has 2 heterocycles. The van der Waals surface area contributed by atoms with Crippen LogP contribution in [-0.2, 0) is 26.2 Å². The lowest BCUT2D eigenvalue weighted by Crippen LogP contribution is -2.39. The van der Waals surface area contributed by atoms with Crippen LogP contribution in [0, 0.1) is 0 Å². The number of aromatic nitrogens is 4. The maximum Gasteiger partial charge on any atom is 0.332 e. The van der Waals surface area contributed by atoms with E-state index in [0.29, 0.717) is 18.0 Å². The van der Waals surface area contributed by atoms with Crippen molar-refractivity contribution in [2.75, 3.05) is 0 Å². The molecule has 0 saturated heterocycles. The van der Waals surface area contributed by atoms with Crippen LogP contribution in [0.15, 0.2) is 14.6 Å². The maximum atomic E-state index is 12.2. The molecule has 0 aliphatic carbocycles. The summed E-state index contributed by atoms with van der Waals surface area (Å²) >= 11 is 5.21. The highest BCUT2D eigenvalue weighted by Crippen LogP contribution is 2.15. The van der Waals surface area contributed by atoms with Crippen molar-refractivity contribution in [1.29, 1.82) is 0 Å². The van der Waals surface area contributed by atoms with Crippen LogP contribution in [0.5, 0.6) is 0 Å². The van der Waals surface area contributed by atoms with E-state index < -0.39 is 5.56 Å². The molecule has 0 amide bonds. The molecule has 0 unspecified atom stereocenters. The predicted octanol–water partition coefficient (Wildman–Crippen LogP) is 0.929. The zero-order valence-electron chi connectivity index (χ0n) is 12.0. The minimum Gasteiger partial charge on any atom is -0.759 e. The number of fused-ring (bicyclic) bond motifs is 1. The summed E-state index contributed by atoms with van der Waals surface area (Å²) in [6.07, 6.45) is 0.765. The first kappa shape index (κ1) is 14.6. The maximum absolute atomic E-state index is 12.2. The van der Waals surface area contributed by atoms with E-state index in [2.05, 4.69) is 9.97 Å². The van der Waals surface area contributed by atoms with Gasteiger partial charge in [0.05, 0.1) is 5.39 Å². The van der Waals surface area contributed by atoms with Gasteiger partial charge < -0.3 is 12.6 Å². The topological polar surface area (TPSA) is 69.8 Å². The molecule has 0 fully saturated rings. The lowest BCUT2D eigenvalue weighted by atomic mass is 10.2. The lowest BCUT2D eigenvalue weighted by molar-refractivity contribution is 0.603. The predicted molar refractivity (Wildman–Crippen MR) is 79.1 cm³/mol. The monoisotopic (exact) mass is 293 g/mol. The van der Waals surface area contributed by atoms with E-state index in [9.17, 15) is 9.59 Å². The largest absolute Gasteiger partial charge is 0.759 e. The third-order valence-corrected chi connectivity index (χ3v) is 3.43. The van der Waals surface area contributed by atoms with Crippen LogP contribution in [0.25, 0.3) is 11.0 Å². The standard InChI is InChI=1S/C13H18N4O2S/c1-5-6-17-10-8(12(18)16(4)13(17)19)11(20)15-9(14-10)7(2)3/h7H,5-6H2,1-4H3,(H,14,15,20)/p-1. The summed E-state index contributed by atoms with van der Waals surface area (Å²) in [6.45, 7) is 6.34. The first-order valence-electron chi connectivity index (χ1n) is 6.57. The molecule has 0 aromatic carbocycles. The summed E-state index contributed by atoms with van der Waals surface area (Å²) < 4.78 is 2.56. The Bertz CT molecular complexity index is 777. The molecule has 0 atom stereocenters. The van der Waals surface area contributed by atoms with Gasteiger partial charge in [0.2, 0.25) is 0 Å². The van der Waals surface area contributed by atoms with Crippen molar-refractivity contribution < 1.29 is 0 Å². The first-order valence-corrected chi connectivity index (χ1v) is 6.97. The highest BCUT2D eigenvalue weighted by atomic mass is 32.1. The molecule has 0 saturated carbocycles. The van der Waals surface area contributed by atoms with Crippen LogP contribution < -0.4 is 11.2 Å². The second-order valence-corrected chi connectivity index (χ2v) is 5.43. The number of rotatable bonds is 3. The number of hydrogen-bond donors (Lipinski definition) is 0. The van der Waals surface area contributed by atoms with Gasteiger partial charge in [-0.05, 0) is 6.42 Å². The van der Waals surface area contributed by atoms with E-state index in [0.717, 1.165) is 11.0 Å². The summed E-state index contributed by atoms with van der Waals surface area (Å²) in [5.74, 6) is 0.635. The molecule has 7 heteroatoms. The van der Waals surface area contributed by atoms with Gasteiger partial charge in [-0.1, -0.05) is 25.8 Å². The molecule has 0 spiro atoms. The Kier molecular flexibility index (Phi) is 3.89. The second-order valence-electron chi connectivity index (χ2n) is 5.04. The van der Waals surface area contributed by atoms with Crippen molar-refractivity contribution in [3.63, 3.8) is 0 Å². The molecule has 2 rings (SSSR count). The molecule has 2 aromatic heterocycles. The van der Waals surface area contributed by atoms with Crippen LogP contribution >= 0.6 is 0 Å². The SMILES string of the molecule is CCCn1c(=O)n(C)c(=O)c2c([S-])nc(C(C)C)nc21. The fraction of sp³-hybridized carbons (Fsp3) is 0.538. The van der Waals surface area contributed by atoms with E-state index in [1.54, 1.807) is 0 Å². The van der Waals surface area contributed by atoms with Gasteiger partial charge in [-0.25, -0.2) is 9.78 Å². The van der Waals surface area contributed by atoms with Crippen LogP contribution in [0.2, 0.25) is 0 Å². The van der Waals surface area contributed by atoms with Gasteiger partial charge in [-0.2, -0.15) is 0 Å². The van der Waals surface area contributed by atoms with Gasteiger partial charge >= 0.3 is 5.69 Å². The smallest absolute Gasteiger partial charge is 0.332 e. The van der Waals surface area contributed by atoms with Crippen molar-refractivity contribution in [2.24, 2.45) is 7.05 Å². The van der Waals surface area contributed by atoms with Crippen molar-refractivity contribution in [1.82, 2.24) is 19.1 Å². The molecule has 6 nitrogen and oxygen atoms in total. The fourth-order valence-electron chi connectivity index (χ4n) is 2.04. The molecule has 2 aromatic rings. The highest BCUT2D eigenvalue weighted by Gasteiger charge is 2.14. The first-order chi connectivity index (χ1) is 9.38. The third kappa shape index (κ3) is 2.22. The minimum absolute atomic E-state index is 0.0790. The Labute approximate surface area is 121 Å². The van der Waals surface area contributed by atoms with Crippen LogP contribution in [0.1, 0.15) is 38.9 Å². The molecular weight excluding hydrogens is 276 g/mol. The quantitative estimate of drug-likeness (QED) is 0.622. The zero-order valence-corrected chi connectivity index (χ0v) is 12.8. The molecule has 0 N–H and O–H groups in total. The van der Waals surface area contributed by atoms with Crippen LogP contribution in [0.3, 0.4) is 0 Å². The Hall–Kier alpha value is -1.76. The summed E-state index contributed by atoms with van der Waals surface area (Å²) in [4.78, 5) is 33.0. The van der Waals surface area contributed by atoms with Gasteiger partial charge in [0.1, 0.15) is 5.82 Å². The number of nitrogens with zero attached hydrogens (tertiary/aromatic N) is 4. The molecular formula is C13H17N4O2S-. The van der Waals surface area contributed by atoms with E-state index >= 15 is 0 Å². The number of aryl methyl sites for hydroxylation is 1. The molecule has 0 aliphatic heterocycles. The average Bonchev–Trinajstić information content (AvgIpc) is 2.40. The van der Waals surface area contributed by atoms with Crippen molar-refractivity contribution in [3.8, 4) is 0 Å². The van der Waals surface area contributed by atoms with Crippen molar-refractivity contribution in [3.05, 3.63) is 26.7 Å². The molecule has 0 bridgehead atoms. The third-order valence-electron chi connectivity index (χ3n) is 3.13. The Balaban J connectivity index is 3.01. The zero-order chi connectivity index (χ0) is 15.0. The van der Waals surface area contributed by atoms with Gasteiger partial charge in [0, 0.05) is 19.5 Å². The summed E-state index contributed by atoms with van der Waals surface area (Å²) in [5, 5.41) is 0.462. The highest BCUT2D eigenvalue weighted by molar-refractivity contribution is 7.59. The van der Waals surface area contributed by atoms with Gasteiger partial charge in [-0.15, -0.1) is 0 Å². The second kappa shape index (κ2) is 5.32. The van der Waals surface area contributed by atoms with E-state index in [-0.39, 0.29) is 22.0 Å². The normalized spacial score (nSPS) is 11.4. The fourth-order valence-corrected chi connectivity index (χ4v) is 2.31. The van der Waals surface area contributed by atoms with Crippen LogP contribution in [-0.4, -0.2) is 19.1 Å². The van der Waals surface area contributed by atoms with Gasteiger partial charge in [0.25, 0.3) is 5.56 Å². The Morgan fingerprint density at radius 3 is 2.45 bits per heavy atom. The molecule has 0 radical (unpaired) electrons. The van der Waals surface area contributed by atoms with E-state index in [1.807, 2.05) is 20.8 Å². The average molecular weight is 293 g/mol. The van der Waals surface area contributed by atoms with Crippen molar-refractivity contribution in [2.45, 2.75) is 44.7 Å². The van der Waals surface area contributed by atoms with Crippen molar-refractivity contribution >= 4 is 23.7 Å². The number of hydrogen-bond acceptors (Lipinski definition) is 5. The minimum atomic E-state index is -0.433. The molecule has 108 valence electrons. The Morgan fingerprint density at radius 1 is 1.25 bits per heavy atom.